The molecule has 0 aliphatic heterocycles. The van der Waals surface area contributed by atoms with Crippen molar-refractivity contribution in [3.05, 3.63) is 66.1 Å². The molecule has 5 heteroatoms. The normalized spacial score (nSPS) is 10.5. The van der Waals surface area contributed by atoms with Crippen LogP contribution in [0.2, 0.25) is 0 Å². The third kappa shape index (κ3) is 2.97. The van der Waals surface area contributed by atoms with Crippen LogP contribution in [0.15, 0.2) is 54.7 Å². The highest BCUT2D eigenvalue weighted by molar-refractivity contribution is 5.88. The highest BCUT2D eigenvalue weighted by Gasteiger charge is 2.05. The molecule has 0 saturated carbocycles. The molecule has 1 N–H and O–H groups in total. The van der Waals surface area contributed by atoms with E-state index in [1.165, 1.54) is 12.1 Å². The number of carboxylic acid groups (broad SMARTS) is 1. The first-order chi connectivity index (χ1) is 10.2. The number of aromatic carboxylic acids is 1. The molecule has 104 valence electrons. The van der Waals surface area contributed by atoms with Gasteiger partial charge in [-0.25, -0.2) is 14.8 Å². The van der Waals surface area contributed by atoms with Gasteiger partial charge in [0.25, 0.3) is 0 Å². The fourth-order valence-corrected chi connectivity index (χ4v) is 1.95. The van der Waals surface area contributed by atoms with Gasteiger partial charge >= 0.3 is 5.97 Å². The van der Waals surface area contributed by atoms with E-state index in [0.717, 1.165) is 10.9 Å². The Morgan fingerprint density at radius 3 is 2.86 bits per heavy atom. The van der Waals surface area contributed by atoms with Gasteiger partial charge in [0.05, 0.1) is 11.1 Å². The van der Waals surface area contributed by atoms with Crippen LogP contribution in [0.3, 0.4) is 0 Å². The summed E-state index contributed by atoms with van der Waals surface area (Å²) in [6.45, 7) is 0.188. The molecule has 0 unspecified atom stereocenters. The topological polar surface area (TPSA) is 72.3 Å². The second-order valence-electron chi connectivity index (χ2n) is 4.47. The van der Waals surface area contributed by atoms with Crippen molar-refractivity contribution in [2.45, 2.75) is 6.61 Å². The van der Waals surface area contributed by atoms with Crippen LogP contribution in [-0.4, -0.2) is 21.0 Å². The number of para-hydroxylation sites is 1. The van der Waals surface area contributed by atoms with Gasteiger partial charge < -0.3 is 9.84 Å². The van der Waals surface area contributed by atoms with Crippen molar-refractivity contribution in [1.29, 1.82) is 0 Å². The van der Waals surface area contributed by atoms with Gasteiger partial charge in [0.15, 0.2) is 5.82 Å². The first-order valence-electron chi connectivity index (χ1n) is 6.39. The Bertz CT molecular complexity index is 802. The van der Waals surface area contributed by atoms with E-state index in [1.54, 1.807) is 18.3 Å². The molecule has 3 aromatic rings. The summed E-state index contributed by atoms with van der Waals surface area (Å²) in [6.07, 6.45) is 1.74. The first kappa shape index (κ1) is 13.1. The third-order valence-corrected chi connectivity index (χ3v) is 2.99. The van der Waals surface area contributed by atoms with E-state index in [2.05, 4.69) is 9.97 Å². The molecule has 1 heterocycles. The molecular formula is C16H12N2O3. The predicted octanol–water partition coefficient (Wildman–Crippen LogP) is 2.91. The van der Waals surface area contributed by atoms with E-state index >= 15 is 0 Å². The zero-order chi connectivity index (χ0) is 14.7. The molecule has 0 spiro atoms. The summed E-state index contributed by atoms with van der Waals surface area (Å²) in [5.41, 5.74) is 1.04. The lowest BCUT2D eigenvalue weighted by molar-refractivity contribution is 0.0696. The summed E-state index contributed by atoms with van der Waals surface area (Å²) in [4.78, 5) is 19.5. The van der Waals surface area contributed by atoms with Crippen molar-refractivity contribution in [2.75, 3.05) is 0 Å². The Morgan fingerprint density at radius 2 is 2.00 bits per heavy atom. The summed E-state index contributed by atoms with van der Waals surface area (Å²) in [6, 6.07) is 14.0. The molecule has 0 radical (unpaired) electrons. The number of aromatic nitrogens is 2. The average Bonchev–Trinajstić information content (AvgIpc) is 2.53. The third-order valence-electron chi connectivity index (χ3n) is 2.99. The van der Waals surface area contributed by atoms with E-state index in [-0.39, 0.29) is 12.2 Å². The molecule has 3 rings (SSSR count). The van der Waals surface area contributed by atoms with Gasteiger partial charge in [0.2, 0.25) is 0 Å². The molecule has 0 aliphatic rings. The lowest BCUT2D eigenvalue weighted by Crippen LogP contribution is -2.02. The van der Waals surface area contributed by atoms with E-state index in [0.29, 0.717) is 11.6 Å². The van der Waals surface area contributed by atoms with Crippen molar-refractivity contribution in [1.82, 2.24) is 9.97 Å². The van der Waals surface area contributed by atoms with Crippen LogP contribution in [0.1, 0.15) is 16.2 Å². The molecule has 21 heavy (non-hydrogen) atoms. The maximum absolute atomic E-state index is 10.9. The van der Waals surface area contributed by atoms with Crippen molar-refractivity contribution in [2.24, 2.45) is 0 Å². The van der Waals surface area contributed by atoms with Crippen LogP contribution in [-0.2, 0) is 6.61 Å². The van der Waals surface area contributed by atoms with E-state index in [9.17, 15) is 4.79 Å². The largest absolute Gasteiger partial charge is 0.486 e. The fourth-order valence-electron chi connectivity index (χ4n) is 1.95. The number of nitrogens with zero attached hydrogens (tertiary/aromatic N) is 2. The smallest absolute Gasteiger partial charge is 0.335 e. The van der Waals surface area contributed by atoms with Crippen molar-refractivity contribution >= 4 is 16.9 Å². The minimum atomic E-state index is -0.984. The summed E-state index contributed by atoms with van der Waals surface area (Å²) >= 11 is 0. The summed E-state index contributed by atoms with van der Waals surface area (Å²) in [7, 11) is 0. The number of carboxylic acids is 1. The Balaban J connectivity index is 1.77. The molecule has 0 fully saturated rings. The first-order valence-corrected chi connectivity index (χ1v) is 6.39. The minimum Gasteiger partial charge on any atom is -0.486 e. The Labute approximate surface area is 120 Å². The lowest BCUT2D eigenvalue weighted by atomic mass is 10.2. The molecule has 1 aromatic heterocycles. The lowest BCUT2D eigenvalue weighted by Gasteiger charge is -2.06. The zero-order valence-electron chi connectivity index (χ0n) is 11.1. The number of hydrogen-bond donors (Lipinski definition) is 1. The number of ether oxygens (including phenoxy) is 1. The van der Waals surface area contributed by atoms with Crippen LogP contribution >= 0.6 is 0 Å². The molecule has 5 nitrogen and oxygen atoms in total. The highest BCUT2D eigenvalue weighted by Crippen LogP contribution is 2.15. The monoisotopic (exact) mass is 280 g/mol. The molecular weight excluding hydrogens is 268 g/mol. The number of benzene rings is 2. The van der Waals surface area contributed by atoms with Crippen LogP contribution in [0.4, 0.5) is 0 Å². The highest BCUT2D eigenvalue weighted by atomic mass is 16.5. The summed E-state index contributed by atoms with van der Waals surface area (Å²) < 4.78 is 5.54. The van der Waals surface area contributed by atoms with Gasteiger partial charge in [-0.3, -0.25) is 0 Å². The number of fused-ring (bicyclic) bond motifs is 1. The van der Waals surface area contributed by atoms with Gasteiger partial charge in [0.1, 0.15) is 12.4 Å². The van der Waals surface area contributed by atoms with Crippen LogP contribution in [0, 0.1) is 0 Å². The Morgan fingerprint density at radius 1 is 1.14 bits per heavy atom. The van der Waals surface area contributed by atoms with Gasteiger partial charge in [0, 0.05) is 11.6 Å². The predicted molar refractivity (Wildman–Crippen MR) is 77.3 cm³/mol. The minimum absolute atomic E-state index is 0.187. The Kier molecular flexibility index (Phi) is 3.47. The molecule has 0 atom stereocenters. The second-order valence-corrected chi connectivity index (χ2v) is 4.47. The van der Waals surface area contributed by atoms with Crippen molar-refractivity contribution < 1.29 is 14.6 Å². The number of hydrogen-bond acceptors (Lipinski definition) is 4. The molecule has 0 amide bonds. The van der Waals surface area contributed by atoms with Crippen molar-refractivity contribution in [3.8, 4) is 5.75 Å². The zero-order valence-corrected chi connectivity index (χ0v) is 11.1. The maximum Gasteiger partial charge on any atom is 0.335 e. The van der Waals surface area contributed by atoms with Gasteiger partial charge in [-0.1, -0.05) is 24.3 Å². The van der Waals surface area contributed by atoms with E-state index in [1.807, 2.05) is 24.3 Å². The maximum atomic E-state index is 10.9. The van der Waals surface area contributed by atoms with Gasteiger partial charge in [-0.2, -0.15) is 0 Å². The molecule has 0 bridgehead atoms. The molecule has 0 saturated heterocycles. The molecule has 2 aromatic carbocycles. The van der Waals surface area contributed by atoms with Gasteiger partial charge in [-0.05, 0) is 24.3 Å². The average molecular weight is 280 g/mol. The van der Waals surface area contributed by atoms with Crippen molar-refractivity contribution in [3.63, 3.8) is 0 Å². The van der Waals surface area contributed by atoms with Crippen LogP contribution < -0.4 is 4.74 Å². The van der Waals surface area contributed by atoms with Gasteiger partial charge in [-0.15, -0.1) is 0 Å². The SMILES string of the molecule is O=C(O)c1cccc(OCc2ncc3ccccc3n2)c1. The van der Waals surface area contributed by atoms with E-state index in [4.69, 9.17) is 9.84 Å². The summed E-state index contributed by atoms with van der Waals surface area (Å²) in [5, 5.41) is 9.90. The number of carbonyl (C=O) groups is 1. The fraction of sp³-hybridized carbons (Fsp3) is 0.0625. The van der Waals surface area contributed by atoms with Crippen LogP contribution in [0.25, 0.3) is 10.9 Å². The standard InChI is InChI=1S/C16H12N2O3/c19-16(20)11-5-3-6-13(8-11)21-10-15-17-9-12-4-1-2-7-14(12)18-15/h1-9H,10H2,(H,19,20). The number of rotatable bonds is 4. The summed E-state index contributed by atoms with van der Waals surface area (Å²) in [5.74, 6) is 0.0449. The van der Waals surface area contributed by atoms with E-state index < -0.39 is 5.97 Å². The second kappa shape index (κ2) is 5.58. The molecule has 0 aliphatic carbocycles. The Hall–Kier alpha value is -2.95. The van der Waals surface area contributed by atoms with Crippen LogP contribution in [0.5, 0.6) is 5.75 Å². The quantitative estimate of drug-likeness (QED) is 0.795.